The molecular formula is C34H26BrN3O7S2. The van der Waals surface area contributed by atoms with Gasteiger partial charge in [0.05, 0.1) is 38.9 Å². The molecule has 0 saturated carbocycles. The Hall–Kier alpha value is -4.85. The molecule has 238 valence electrons. The number of hydrogen-bond acceptors (Lipinski definition) is 10. The molecule has 2 aromatic heterocycles. The second-order valence-corrected chi connectivity index (χ2v) is 13.0. The van der Waals surface area contributed by atoms with Crippen LogP contribution in [-0.2, 0) is 16.1 Å². The number of methoxy groups -OCH3 is 1. The van der Waals surface area contributed by atoms with Gasteiger partial charge in [0.2, 0.25) is 0 Å². The van der Waals surface area contributed by atoms with E-state index in [1.807, 2.05) is 53.9 Å². The van der Waals surface area contributed by atoms with E-state index in [0.717, 1.165) is 16.0 Å². The van der Waals surface area contributed by atoms with E-state index >= 15 is 0 Å². The predicted octanol–water partition coefficient (Wildman–Crippen LogP) is 6.26. The predicted molar refractivity (Wildman–Crippen MR) is 184 cm³/mol. The molecule has 1 atom stereocenters. The van der Waals surface area contributed by atoms with Crippen molar-refractivity contribution in [3.8, 4) is 11.5 Å². The molecule has 1 aliphatic heterocycles. The fraction of sp³-hybridized carbons (Fsp3) is 0.147. The standard InChI is InChI=1S/C34H26BrN3O7S2/c1-3-44-33(40)28-29(22-8-5-4-6-9-22)36-34-37(30(28)26-10-7-15-46-26)32(39)27(47-34)18-21-16-24(35)31(25(17-21)43-2)45-19-20-11-13-23(14-12-20)38(41)42/h4-18,30H,3,19H2,1-2H3/b27-18-/t30-/m1/s1. The Morgan fingerprint density at radius 2 is 1.87 bits per heavy atom. The second kappa shape index (κ2) is 13.9. The van der Waals surface area contributed by atoms with Crippen LogP contribution in [0.25, 0.3) is 11.8 Å². The van der Waals surface area contributed by atoms with Crippen molar-refractivity contribution in [1.29, 1.82) is 0 Å². The molecule has 6 rings (SSSR count). The van der Waals surface area contributed by atoms with Crippen molar-refractivity contribution in [1.82, 2.24) is 4.57 Å². The van der Waals surface area contributed by atoms with Gasteiger partial charge in [0.25, 0.3) is 11.2 Å². The van der Waals surface area contributed by atoms with Gasteiger partial charge >= 0.3 is 5.97 Å². The van der Waals surface area contributed by atoms with Crippen LogP contribution in [0.15, 0.2) is 104 Å². The fourth-order valence-corrected chi connectivity index (χ4v) is 7.54. The lowest BCUT2D eigenvalue weighted by Crippen LogP contribution is -2.39. The van der Waals surface area contributed by atoms with E-state index in [1.165, 1.54) is 41.9 Å². The van der Waals surface area contributed by atoms with Crippen molar-refractivity contribution in [2.45, 2.75) is 19.6 Å². The number of hydrogen-bond donors (Lipinski definition) is 0. The summed E-state index contributed by atoms with van der Waals surface area (Å²) in [6.45, 7) is 2.07. The first-order valence-electron chi connectivity index (χ1n) is 14.3. The molecule has 0 amide bonds. The van der Waals surface area contributed by atoms with Gasteiger partial charge in [-0.2, -0.15) is 0 Å². The number of thiazole rings is 1. The van der Waals surface area contributed by atoms with Crippen LogP contribution in [0.2, 0.25) is 0 Å². The third-order valence-corrected chi connectivity index (χ3v) is 9.76. The molecule has 13 heteroatoms. The highest BCUT2D eigenvalue weighted by molar-refractivity contribution is 9.10. The molecule has 0 bridgehead atoms. The van der Waals surface area contributed by atoms with Gasteiger partial charge in [-0.05, 0) is 75.8 Å². The number of rotatable bonds is 10. The van der Waals surface area contributed by atoms with E-state index in [4.69, 9.17) is 19.2 Å². The summed E-state index contributed by atoms with van der Waals surface area (Å²) in [7, 11) is 1.52. The smallest absolute Gasteiger partial charge is 0.338 e. The Kier molecular flexibility index (Phi) is 9.48. The Bertz CT molecular complexity index is 2180. The zero-order valence-corrected chi connectivity index (χ0v) is 28.3. The van der Waals surface area contributed by atoms with Gasteiger partial charge in [-0.1, -0.05) is 47.7 Å². The summed E-state index contributed by atoms with van der Waals surface area (Å²) in [5.74, 6) is 0.335. The number of aromatic nitrogens is 1. The van der Waals surface area contributed by atoms with Gasteiger partial charge in [-0.3, -0.25) is 19.5 Å². The molecule has 0 unspecified atom stereocenters. The lowest BCUT2D eigenvalue weighted by Gasteiger charge is -2.24. The highest BCUT2D eigenvalue weighted by atomic mass is 79.9. The highest BCUT2D eigenvalue weighted by Gasteiger charge is 2.35. The second-order valence-electron chi connectivity index (χ2n) is 10.2. The van der Waals surface area contributed by atoms with Gasteiger partial charge in [-0.15, -0.1) is 11.3 Å². The topological polar surface area (TPSA) is 122 Å². The van der Waals surface area contributed by atoms with Crippen molar-refractivity contribution >= 4 is 62.0 Å². The number of esters is 1. The first kappa shape index (κ1) is 32.1. The number of carbonyl (C=O) groups excluding carboxylic acids is 1. The number of fused-ring (bicyclic) bond motifs is 1. The maximum Gasteiger partial charge on any atom is 0.338 e. The number of halogens is 1. The van der Waals surface area contributed by atoms with Crippen LogP contribution < -0.4 is 24.4 Å². The average Bonchev–Trinajstić information content (AvgIpc) is 3.72. The van der Waals surface area contributed by atoms with Crippen LogP contribution in [0.4, 0.5) is 5.69 Å². The lowest BCUT2D eigenvalue weighted by atomic mass is 9.97. The van der Waals surface area contributed by atoms with Gasteiger partial charge in [-0.25, -0.2) is 9.79 Å². The number of non-ortho nitro benzene ring substituents is 1. The number of nitro groups is 1. The highest BCUT2D eigenvalue weighted by Crippen LogP contribution is 2.38. The maximum absolute atomic E-state index is 14.1. The fourth-order valence-electron chi connectivity index (χ4n) is 5.14. The molecule has 0 fully saturated rings. The molecule has 3 heterocycles. The molecule has 0 radical (unpaired) electrons. The van der Waals surface area contributed by atoms with Crippen LogP contribution >= 0.6 is 38.6 Å². The summed E-state index contributed by atoms with van der Waals surface area (Å²) in [4.78, 5) is 44.3. The lowest BCUT2D eigenvalue weighted by molar-refractivity contribution is -0.384. The molecule has 47 heavy (non-hydrogen) atoms. The molecular weight excluding hydrogens is 706 g/mol. The molecule has 0 spiro atoms. The molecule has 0 aliphatic carbocycles. The Labute approximate surface area is 284 Å². The molecule has 10 nitrogen and oxygen atoms in total. The van der Waals surface area contributed by atoms with E-state index in [2.05, 4.69) is 15.9 Å². The van der Waals surface area contributed by atoms with Crippen molar-refractivity contribution in [2.24, 2.45) is 4.99 Å². The third-order valence-electron chi connectivity index (χ3n) is 7.27. The molecule has 5 aromatic rings. The number of benzene rings is 3. The van der Waals surface area contributed by atoms with E-state index in [1.54, 1.807) is 35.8 Å². The third kappa shape index (κ3) is 6.55. The van der Waals surface area contributed by atoms with Crippen molar-refractivity contribution in [3.63, 3.8) is 0 Å². The Morgan fingerprint density at radius 3 is 2.53 bits per heavy atom. The van der Waals surface area contributed by atoms with Crippen LogP contribution in [0.5, 0.6) is 11.5 Å². The minimum absolute atomic E-state index is 0.00254. The summed E-state index contributed by atoms with van der Waals surface area (Å²) in [6.07, 6.45) is 1.75. The van der Waals surface area contributed by atoms with Crippen LogP contribution in [0, 0.1) is 10.1 Å². The summed E-state index contributed by atoms with van der Waals surface area (Å²) < 4.78 is 19.7. The number of thiophene rings is 1. The van der Waals surface area contributed by atoms with Gasteiger partial charge < -0.3 is 14.2 Å². The Balaban J connectivity index is 1.43. The van der Waals surface area contributed by atoms with Crippen molar-refractivity contribution in [2.75, 3.05) is 13.7 Å². The van der Waals surface area contributed by atoms with E-state index in [9.17, 15) is 19.7 Å². The summed E-state index contributed by atoms with van der Waals surface area (Å²) in [5, 5.41) is 12.9. The monoisotopic (exact) mass is 731 g/mol. The van der Waals surface area contributed by atoms with Gasteiger partial charge in [0, 0.05) is 22.6 Å². The van der Waals surface area contributed by atoms with E-state index in [0.29, 0.717) is 42.1 Å². The number of carbonyl (C=O) groups is 1. The largest absolute Gasteiger partial charge is 0.493 e. The first-order valence-corrected chi connectivity index (χ1v) is 16.8. The molecule has 0 N–H and O–H groups in total. The van der Waals surface area contributed by atoms with Crippen LogP contribution in [0.1, 0.15) is 34.5 Å². The van der Waals surface area contributed by atoms with Gasteiger partial charge in [0.1, 0.15) is 12.6 Å². The normalized spacial score (nSPS) is 14.4. The number of nitrogens with zero attached hydrogens (tertiary/aromatic N) is 3. The zero-order valence-electron chi connectivity index (χ0n) is 25.0. The molecule has 1 aliphatic rings. The summed E-state index contributed by atoms with van der Waals surface area (Å²) in [5.41, 5.74) is 2.63. The average molecular weight is 733 g/mol. The van der Waals surface area contributed by atoms with Crippen molar-refractivity contribution < 1.29 is 23.9 Å². The summed E-state index contributed by atoms with van der Waals surface area (Å²) >= 11 is 6.25. The molecule has 3 aromatic carbocycles. The maximum atomic E-state index is 14.1. The summed E-state index contributed by atoms with van der Waals surface area (Å²) in [6, 6.07) is 22.1. The minimum Gasteiger partial charge on any atom is -0.493 e. The minimum atomic E-state index is -0.723. The molecule has 0 saturated heterocycles. The SMILES string of the molecule is CCOC(=O)C1=C(c2ccccc2)N=c2s/c(=C\c3cc(Br)c(OCc4ccc([N+](=O)[O-])cc4)c(OC)c3)c(=O)n2[C@@H]1c1cccs1. The van der Waals surface area contributed by atoms with E-state index < -0.39 is 16.9 Å². The quantitative estimate of drug-likeness (QED) is 0.0945. The number of ether oxygens (including phenoxy) is 3. The van der Waals surface area contributed by atoms with E-state index in [-0.39, 0.29) is 24.5 Å². The van der Waals surface area contributed by atoms with Crippen LogP contribution in [-0.4, -0.2) is 29.2 Å². The zero-order chi connectivity index (χ0) is 33.1. The van der Waals surface area contributed by atoms with Gasteiger partial charge in [0.15, 0.2) is 16.3 Å². The van der Waals surface area contributed by atoms with Crippen molar-refractivity contribution in [3.05, 3.63) is 146 Å². The Morgan fingerprint density at radius 1 is 1.11 bits per heavy atom. The first-order chi connectivity index (χ1) is 22.8. The van der Waals surface area contributed by atoms with Crippen LogP contribution in [0.3, 0.4) is 0 Å². The number of nitro benzene ring substituents is 1.